The number of para-hydroxylation sites is 1. The molecular formula is C28H25N3O3. The van der Waals surface area contributed by atoms with Gasteiger partial charge in [-0.05, 0) is 42.1 Å². The number of carbonyl (C=O) groups excluding carboxylic acids is 3. The van der Waals surface area contributed by atoms with Gasteiger partial charge in [-0.25, -0.2) is 0 Å². The van der Waals surface area contributed by atoms with Crippen LogP contribution in [0.5, 0.6) is 0 Å². The molecule has 0 heterocycles. The first kappa shape index (κ1) is 22.7. The Balaban J connectivity index is 1.49. The van der Waals surface area contributed by atoms with E-state index < -0.39 is 11.9 Å². The molecule has 170 valence electrons. The third-order valence-corrected chi connectivity index (χ3v) is 5.53. The number of anilines is 2. The first-order chi connectivity index (χ1) is 16.6. The van der Waals surface area contributed by atoms with Crippen LogP contribution in [-0.2, 0) is 4.79 Å². The number of nitrogens with one attached hydrogen (secondary N) is 3. The quantitative estimate of drug-likeness (QED) is 0.359. The van der Waals surface area contributed by atoms with Crippen molar-refractivity contribution in [1.82, 2.24) is 5.32 Å². The summed E-state index contributed by atoms with van der Waals surface area (Å²) in [6, 6.07) is 28.2. The average molecular weight is 452 g/mol. The van der Waals surface area contributed by atoms with Gasteiger partial charge in [0.05, 0.1) is 11.3 Å². The Labute approximate surface area is 198 Å². The van der Waals surface area contributed by atoms with Crippen LogP contribution in [0, 0.1) is 0 Å². The van der Waals surface area contributed by atoms with Crippen LogP contribution in [-0.4, -0.2) is 23.8 Å². The molecule has 34 heavy (non-hydrogen) atoms. The zero-order chi connectivity index (χ0) is 23.9. The fourth-order valence-corrected chi connectivity index (χ4v) is 3.72. The van der Waals surface area contributed by atoms with Crippen LogP contribution in [0.1, 0.15) is 34.1 Å². The summed E-state index contributed by atoms with van der Waals surface area (Å²) in [6.45, 7) is 1.83. The number of carbonyl (C=O) groups is 3. The normalized spacial score (nSPS) is 11.4. The maximum Gasteiger partial charge on any atom is 0.255 e. The summed E-state index contributed by atoms with van der Waals surface area (Å²) >= 11 is 0. The van der Waals surface area contributed by atoms with E-state index in [1.54, 1.807) is 48.5 Å². The van der Waals surface area contributed by atoms with Crippen molar-refractivity contribution in [1.29, 1.82) is 0 Å². The van der Waals surface area contributed by atoms with Gasteiger partial charge < -0.3 is 16.0 Å². The molecule has 0 unspecified atom stereocenters. The third kappa shape index (κ3) is 5.13. The molecule has 0 bridgehead atoms. The number of amides is 3. The number of rotatable bonds is 7. The summed E-state index contributed by atoms with van der Waals surface area (Å²) < 4.78 is 0. The van der Waals surface area contributed by atoms with Crippen molar-refractivity contribution < 1.29 is 14.4 Å². The van der Waals surface area contributed by atoms with E-state index in [-0.39, 0.29) is 17.4 Å². The molecule has 0 radical (unpaired) electrons. The lowest BCUT2D eigenvalue weighted by atomic mass is 10.1. The molecule has 3 N–H and O–H groups in total. The minimum Gasteiger partial charge on any atom is -0.340 e. The number of benzene rings is 4. The van der Waals surface area contributed by atoms with Gasteiger partial charge in [-0.2, -0.15) is 0 Å². The van der Waals surface area contributed by atoms with Gasteiger partial charge in [0.2, 0.25) is 5.91 Å². The largest absolute Gasteiger partial charge is 0.340 e. The van der Waals surface area contributed by atoms with Crippen LogP contribution in [0.4, 0.5) is 11.4 Å². The topological polar surface area (TPSA) is 87.3 Å². The highest BCUT2D eigenvalue weighted by Crippen LogP contribution is 2.23. The molecule has 0 fully saturated rings. The van der Waals surface area contributed by atoms with E-state index in [0.29, 0.717) is 23.4 Å². The van der Waals surface area contributed by atoms with E-state index in [1.807, 2.05) is 55.5 Å². The lowest BCUT2D eigenvalue weighted by molar-refractivity contribution is -0.118. The Bertz CT molecular complexity index is 1330. The molecule has 6 nitrogen and oxygen atoms in total. The maximum absolute atomic E-state index is 13.1. The monoisotopic (exact) mass is 451 g/mol. The van der Waals surface area contributed by atoms with Gasteiger partial charge in [0, 0.05) is 16.6 Å². The Morgan fingerprint density at radius 1 is 0.676 bits per heavy atom. The van der Waals surface area contributed by atoms with Crippen LogP contribution in [0.2, 0.25) is 0 Å². The summed E-state index contributed by atoms with van der Waals surface area (Å²) in [6.07, 6.45) is 0.404. The van der Waals surface area contributed by atoms with Crippen molar-refractivity contribution in [2.75, 3.05) is 10.6 Å². The maximum atomic E-state index is 13.1. The molecule has 0 aliphatic carbocycles. The number of hydrogen-bond donors (Lipinski definition) is 3. The van der Waals surface area contributed by atoms with E-state index in [9.17, 15) is 14.4 Å². The summed E-state index contributed by atoms with van der Waals surface area (Å²) in [5.41, 5.74) is 1.83. The predicted molar refractivity (Wildman–Crippen MR) is 135 cm³/mol. The van der Waals surface area contributed by atoms with Crippen LogP contribution in [0.25, 0.3) is 10.8 Å². The second-order valence-electron chi connectivity index (χ2n) is 7.82. The van der Waals surface area contributed by atoms with Crippen LogP contribution >= 0.6 is 0 Å². The summed E-state index contributed by atoms with van der Waals surface area (Å²) in [5.74, 6) is -1.07. The Kier molecular flexibility index (Phi) is 6.98. The molecule has 4 aromatic rings. The van der Waals surface area contributed by atoms with E-state index >= 15 is 0 Å². The SMILES string of the molecule is CC[C@@H](NC(=O)c1ccccc1NC(=O)c1ccccc1)C(=O)Nc1cccc2ccccc12. The summed E-state index contributed by atoms with van der Waals surface area (Å²) in [7, 11) is 0. The minimum absolute atomic E-state index is 0.281. The number of fused-ring (bicyclic) bond motifs is 1. The second kappa shape index (κ2) is 10.4. The zero-order valence-electron chi connectivity index (χ0n) is 18.7. The fourth-order valence-electron chi connectivity index (χ4n) is 3.72. The molecule has 0 aromatic heterocycles. The van der Waals surface area contributed by atoms with Gasteiger partial charge in [-0.3, -0.25) is 14.4 Å². The van der Waals surface area contributed by atoms with Crippen LogP contribution in [0.3, 0.4) is 0 Å². The highest BCUT2D eigenvalue weighted by Gasteiger charge is 2.22. The lowest BCUT2D eigenvalue weighted by Crippen LogP contribution is -2.43. The van der Waals surface area contributed by atoms with Crippen molar-refractivity contribution in [3.05, 3.63) is 108 Å². The minimum atomic E-state index is -0.746. The van der Waals surface area contributed by atoms with Crippen molar-refractivity contribution in [3.63, 3.8) is 0 Å². The molecular weight excluding hydrogens is 426 g/mol. The molecule has 0 saturated carbocycles. The van der Waals surface area contributed by atoms with Crippen molar-refractivity contribution in [3.8, 4) is 0 Å². The summed E-state index contributed by atoms with van der Waals surface area (Å²) in [4.78, 5) is 38.7. The van der Waals surface area contributed by atoms with Gasteiger partial charge in [0.25, 0.3) is 11.8 Å². The lowest BCUT2D eigenvalue weighted by Gasteiger charge is -2.19. The van der Waals surface area contributed by atoms with Gasteiger partial charge >= 0.3 is 0 Å². The Morgan fingerprint density at radius 3 is 2.12 bits per heavy atom. The molecule has 3 amide bonds. The fraction of sp³-hybridized carbons (Fsp3) is 0.107. The van der Waals surface area contributed by atoms with E-state index in [0.717, 1.165) is 10.8 Å². The molecule has 1 atom stereocenters. The van der Waals surface area contributed by atoms with Gasteiger partial charge in [0.1, 0.15) is 6.04 Å². The van der Waals surface area contributed by atoms with Crippen molar-refractivity contribution in [2.45, 2.75) is 19.4 Å². The predicted octanol–water partition coefficient (Wildman–Crippen LogP) is 5.24. The van der Waals surface area contributed by atoms with Gasteiger partial charge in [0.15, 0.2) is 0 Å². The molecule has 0 aliphatic heterocycles. The molecule has 0 spiro atoms. The number of hydrogen-bond acceptors (Lipinski definition) is 3. The van der Waals surface area contributed by atoms with Crippen LogP contribution in [0.15, 0.2) is 97.1 Å². The smallest absolute Gasteiger partial charge is 0.255 e. The first-order valence-electron chi connectivity index (χ1n) is 11.1. The molecule has 0 aliphatic rings. The summed E-state index contributed by atoms with van der Waals surface area (Å²) in [5, 5.41) is 10.5. The van der Waals surface area contributed by atoms with Crippen LogP contribution < -0.4 is 16.0 Å². The van der Waals surface area contributed by atoms with E-state index in [1.165, 1.54) is 0 Å². The highest BCUT2D eigenvalue weighted by atomic mass is 16.2. The Morgan fingerprint density at radius 2 is 1.32 bits per heavy atom. The van der Waals surface area contributed by atoms with E-state index in [2.05, 4.69) is 16.0 Å². The third-order valence-electron chi connectivity index (χ3n) is 5.53. The van der Waals surface area contributed by atoms with Crippen molar-refractivity contribution in [2.24, 2.45) is 0 Å². The van der Waals surface area contributed by atoms with Gasteiger partial charge in [-0.1, -0.05) is 73.7 Å². The van der Waals surface area contributed by atoms with Gasteiger partial charge in [-0.15, -0.1) is 0 Å². The average Bonchev–Trinajstić information content (AvgIpc) is 2.88. The second-order valence-corrected chi connectivity index (χ2v) is 7.82. The molecule has 6 heteroatoms. The standard InChI is InChI=1S/C28H25N3O3/c1-2-23(28(34)31-24-18-10-14-19-11-6-7-15-21(19)24)29-27(33)22-16-8-9-17-25(22)30-26(32)20-12-4-3-5-13-20/h3-18,23H,2H2,1H3,(H,29,33)(H,30,32)(H,31,34)/t23-/m1/s1. The highest BCUT2D eigenvalue weighted by molar-refractivity contribution is 6.10. The van der Waals surface area contributed by atoms with E-state index in [4.69, 9.17) is 0 Å². The Hall–Kier alpha value is -4.45. The first-order valence-corrected chi connectivity index (χ1v) is 11.1. The zero-order valence-corrected chi connectivity index (χ0v) is 18.7. The van der Waals surface area contributed by atoms with Crippen molar-refractivity contribution >= 4 is 39.9 Å². The molecule has 0 saturated heterocycles. The molecule has 4 aromatic carbocycles. The molecule has 4 rings (SSSR count).